The first kappa shape index (κ1) is 32.0. The van der Waals surface area contributed by atoms with Crippen LogP contribution < -0.4 is 5.32 Å². The third kappa shape index (κ3) is 3.91. The van der Waals surface area contributed by atoms with Crippen molar-refractivity contribution in [2.24, 2.45) is 44.8 Å². The Morgan fingerprint density at radius 2 is 1.77 bits per heavy atom. The molecule has 2 spiro atoms. The van der Waals surface area contributed by atoms with Crippen molar-refractivity contribution < 1.29 is 45.4 Å². The fourth-order valence-electron chi connectivity index (χ4n) is 13.0. The predicted octanol–water partition coefficient (Wildman–Crippen LogP) is 1.22. The summed E-state index contributed by atoms with van der Waals surface area (Å²) in [5.41, 5.74) is -0.237. The van der Waals surface area contributed by atoms with Gasteiger partial charge in [0.15, 0.2) is 6.29 Å². The molecule has 0 amide bonds. The van der Waals surface area contributed by atoms with E-state index in [0.29, 0.717) is 23.8 Å². The molecule has 0 aromatic heterocycles. The third-order valence-corrected chi connectivity index (χ3v) is 15.2. The van der Waals surface area contributed by atoms with Gasteiger partial charge in [-0.15, -0.1) is 0 Å². The minimum atomic E-state index is -1.30. The molecule has 2 saturated heterocycles. The van der Waals surface area contributed by atoms with Crippen LogP contribution in [-0.4, -0.2) is 97.8 Å². The van der Waals surface area contributed by atoms with Crippen LogP contribution >= 0.6 is 0 Å². The Bertz CT molecular complexity index is 1200. The molecule has 2 aliphatic heterocycles. The second-order valence-electron chi connectivity index (χ2n) is 18.0. The molecular weight excluding hydrogens is 562 g/mol. The number of aliphatic hydroxyl groups excluding tert-OH is 5. The zero-order valence-electron chi connectivity index (χ0n) is 27.7. The maximum absolute atomic E-state index is 12.3. The van der Waals surface area contributed by atoms with Gasteiger partial charge in [-0.2, -0.15) is 0 Å². The average molecular weight is 621 g/mol. The van der Waals surface area contributed by atoms with Crippen molar-refractivity contribution in [2.75, 3.05) is 6.61 Å². The molecule has 9 heteroatoms. The molecule has 6 fully saturated rings. The van der Waals surface area contributed by atoms with E-state index >= 15 is 0 Å². The monoisotopic (exact) mass is 620 g/mol. The van der Waals surface area contributed by atoms with E-state index in [-0.39, 0.29) is 45.8 Å². The summed E-state index contributed by atoms with van der Waals surface area (Å²) in [4.78, 5) is 0. The predicted molar refractivity (Wildman–Crippen MR) is 162 cm³/mol. The molecule has 0 bridgehead atoms. The average Bonchev–Trinajstić information content (AvgIpc) is 3.56. The molecule has 4 saturated carbocycles. The van der Waals surface area contributed by atoms with Gasteiger partial charge in [-0.05, 0) is 74.0 Å². The topological polar surface area (TPSA) is 156 Å². The summed E-state index contributed by atoms with van der Waals surface area (Å²) < 4.78 is 12.1. The highest BCUT2D eigenvalue weighted by Gasteiger charge is 2.84. The number of hydrogen-bond acceptors (Lipinski definition) is 8. The summed E-state index contributed by atoms with van der Waals surface area (Å²) in [7, 11) is 0. The Morgan fingerprint density at radius 1 is 1.07 bits per heavy atom. The van der Waals surface area contributed by atoms with Crippen LogP contribution in [0.25, 0.3) is 0 Å². The van der Waals surface area contributed by atoms with Crippen LogP contribution in [0.4, 0.5) is 0 Å². The molecule has 8 N–H and O–H groups in total. The lowest BCUT2D eigenvalue weighted by Gasteiger charge is -2.61. The largest absolute Gasteiger partial charge is 0.392 e. The van der Waals surface area contributed by atoms with Gasteiger partial charge in [-0.1, -0.05) is 46.3 Å². The molecule has 2 heterocycles. The Hall–Kier alpha value is -0.620. The molecular formula is C35H58NO8+. The van der Waals surface area contributed by atoms with Gasteiger partial charge in [0.05, 0.1) is 30.5 Å². The molecule has 250 valence electrons. The van der Waals surface area contributed by atoms with Crippen molar-refractivity contribution in [2.45, 2.75) is 154 Å². The Balaban J connectivity index is 1.18. The summed E-state index contributed by atoms with van der Waals surface area (Å²) in [6.45, 7) is 15.1. The second-order valence-corrected chi connectivity index (χ2v) is 18.0. The van der Waals surface area contributed by atoms with E-state index in [1.807, 2.05) is 0 Å². The van der Waals surface area contributed by atoms with Crippen molar-refractivity contribution in [1.29, 1.82) is 0 Å². The zero-order chi connectivity index (χ0) is 32.0. The highest BCUT2D eigenvalue weighted by Crippen LogP contribution is 2.87. The normalized spacial score (nSPS) is 56.8. The van der Waals surface area contributed by atoms with E-state index in [1.165, 1.54) is 5.57 Å². The van der Waals surface area contributed by atoms with Gasteiger partial charge in [0.1, 0.15) is 30.5 Å². The fourth-order valence-corrected chi connectivity index (χ4v) is 13.0. The number of ether oxygens (including phenoxy) is 2. The molecule has 16 atom stereocenters. The maximum atomic E-state index is 12.3. The number of fused-ring (bicyclic) bond motifs is 4. The van der Waals surface area contributed by atoms with E-state index in [1.54, 1.807) is 13.8 Å². The maximum Gasteiger partial charge on any atom is 0.186 e. The number of hydrogen-bond donors (Lipinski definition) is 7. The van der Waals surface area contributed by atoms with Crippen LogP contribution in [0, 0.1) is 44.8 Å². The highest BCUT2D eigenvalue weighted by atomic mass is 16.7. The fraction of sp³-hybridized carbons (Fsp3) is 0.943. The van der Waals surface area contributed by atoms with Crippen LogP contribution in [0.1, 0.15) is 93.4 Å². The number of aliphatic hydroxyl groups is 6. The molecule has 44 heavy (non-hydrogen) atoms. The van der Waals surface area contributed by atoms with Gasteiger partial charge in [0, 0.05) is 29.6 Å². The van der Waals surface area contributed by atoms with Gasteiger partial charge in [0.25, 0.3) is 0 Å². The standard InChI is InChI=1S/C35H57NO8/c1-17-12-18(28(41)31(4,5)42)36-19-13-32(6)22-9-8-21-30(2,3)24(44-29-27(40)26(39)20(37)15-43-29)10-11-34(21)16-35(22,34)23(38)14-33(32,7)25(17)19/h9,17-21,23-29,36-42H,8,10-16H2,1-7H3/p+1. The second kappa shape index (κ2) is 9.73. The Morgan fingerprint density at radius 3 is 2.45 bits per heavy atom. The summed E-state index contributed by atoms with van der Waals surface area (Å²) in [5.74, 6) is 1.11. The summed E-state index contributed by atoms with van der Waals surface area (Å²) in [6, 6.07) is 0.296. The number of nitrogens with two attached hydrogens (primary N) is 1. The van der Waals surface area contributed by atoms with E-state index < -0.39 is 42.4 Å². The molecule has 0 aromatic carbocycles. The van der Waals surface area contributed by atoms with Crippen molar-refractivity contribution in [3.05, 3.63) is 11.6 Å². The molecule has 0 radical (unpaired) electrons. The number of allylic oxidation sites excluding steroid dienone is 1. The van der Waals surface area contributed by atoms with E-state index in [2.05, 4.69) is 46.0 Å². The molecule has 16 unspecified atom stereocenters. The molecule has 7 aliphatic rings. The van der Waals surface area contributed by atoms with Crippen LogP contribution in [0.2, 0.25) is 0 Å². The van der Waals surface area contributed by atoms with E-state index in [9.17, 15) is 30.6 Å². The smallest absolute Gasteiger partial charge is 0.186 e. The van der Waals surface area contributed by atoms with Gasteiger partial charge in [-0.3, -0.25) is 0 Å². The lowest BCUT2D eigenvalue weighted by molar-refractivity contribution is -0.746. The van der Waals surface area contributed by atoms with Gasteiger partial charge in [-0.25, -0.2) is 0 Å². The van der Waals surface area contributed by atoms with Gasteiger partial charge >= 0.3 is 0 Å². The van der Waals surface area contributed by atoms with Crippen LogP contribution in [0.5, 0.6) is 0 Å². The van der Waals surface area contributed by atoms with E-state index in [4.69, 9.17) is 9.47 Å². The van der Waals surface area contributed by atoms with Crippen LogP contribution in [0.15, 0.2) is 11.6 Å². The lowest BCUT2D eigenvalue weighted by atomic mass is 9.44. The Kier molecular flexibility index (Phi) is 7.06. The highest BCUT2D eigenvalue weighted by molar-refractivity contribution is 5.48. The first-order chi connectivity index (χ1) is 20.3. The number of rotatable bonds is 4. The Labute approximate surface area is 262 Å². The minimum Gasteiger partial charge on any atom is -0.392 e. The first-order valence-electron chi connectivity index (χ1n) is 17.3. The van der Waals surface area contributed by atoms with E-state index in [0.717, 1.165) is 44.9 Å². The van der Waals surface area contributed by atoms with Crippen molar-refractivity contribution in [3.8, 4) is 0 Å². The van der Waals surface area contributed by atoms with Crippen molar-refractivity contribution in [1.82, 2.24) is 0 Å². The zero-order valence-corrected chi connectivity index (χ0v) is 27.7. The lowest BCUT2D eigenvalue weighted by Crippen LogP contribution is -3.01. The number of quaternary nitrogens is 1. The summed E-state index contributed by atoms with van der Waals surface area (Å²) in [6.07, 6.45) is 2.73. The first-order valence-corrected chi connectivity index (χ1v) is 17.3. The van der Waals surface area contributed by atoms with Crippen LogP contribution in [-0.2, 0) is 9.47 Å². The number of piperidine rings is 1. The van der Waals surface area contributed by atoms with Gasteiger partial charge in [0.2, 0.25) is 0 Å². The van der Waals surface area contributed by atoms with Crippen molar-refractivity contribution in [3.63, 3.8) is 0 Å². The quantitative estimate of drug-likeness (QED) is 0.232. The summed E-state index contributed by atoms with van der Waals surface area (Å²) >= 11 is 0. The molecule has 7 rings (SSSR count). The summed E-state index contributed by atoms with van der Waals surface area (Å²) in [5, 5.41) is 67.1. The molecule has 0 aromatic rings. The van der Waals surface area contributed by atoms with Gasteiger partial charge < -0.3 is 45.4 Å². The molecule has 5 aliphatic carbocycles. The third-order valence-electron chi connectivity index (χ3n) is 15.2. The minimum absolute atomic E-state index is 0.00861. The molecule has 9 nitrogen and oxygen atoms in total. The SMILES string of the molecule is CC1CC(C(O)C(C)(C)O)[NH2+]C2CC3(C)C4=CCC5C(C)(C)C(OC6OCC(O)C(O)C6O)CCC56CC46C(O)CC3(C)C12. The van der Waals surface area contributed by atoms with Crippen molar-refractivity contribution >= 4 is 0 Å². The van der Waals surface area contributed by atoms with Crippen LogP contribution in [0.3, 0.4) is 0 Å².